The molecule has 0 bridgehead atoms. The SMILES string of the molecule is CCOc1ccc(-n2cnc3cnc(-c4ccc(F)cc4C)cc32)cc1. The van der Waals surface area contributed by atoms with Gasteiger partial charge in [-0.2, -0.15) is 0 Å². The van der Waals surface area contributed by atoms with Crippen LogP contribution in [0.15, 0.2) is 61.1 Å². The third kappa shape index (κ3) is 2.92. The molecular weight excluding hydrogens is 329 g/mol. The van der Waals surface area contributed by atoms with Crippen molar-refractivity contribution >= 4 is 11.0 Å². The van der Waals surface area contributed by atoms with E-state index in [-0.39, 0.29) is 5.82 Å². The molecule has 4 nitrogen and oxygen atoms in total. The minimum absolute atomic E-state index is 0.244. The van der Waals surface area contributed by atoms with E-state index in [9.17, 15) is 4.39 Å². The fourth-order valence-corrected chi connectivity index (χ4v) is 3.05. The molecule has 2 aromatic heterocycles. The Hall–Kier alpha value is -3.21. The lowest BCUT2D eigenvalue weighted by atomic mass is 10.0. The lowest BCUT2D eigenvalue weighted by Crippen LogP contribution is -1.95. The van der Waals surface area contributed by atoms with E-state index in [1.807, 2.05) is 48.7 Å². The van der Waals surface area contributed by atoms with E-state index < -0.39 is 0 Å². The molecule has 0 saturated carbocycles. The van der Waals surface area contributed by atoms with Crippen LogP contribution in [0.25, 0.3) is 28.0 Å². The summed E-state index contributed by atoms with van der Waals surface area (Å²) in [4.78, 5) is 8.93. The van der Waals surface area contributed by atoms with Gasteiger partial charge in [-0.25, -0.2) is 9.37 Å². The molecule has 0 aliphatic rings. The Morgan fingerprint density at radius 3 is 2.58 bits per heavy atom. The standard InChI is InChI=1S/C21H18FN3O/c1-3-26-17-7-5-16(6-8-17)25-13-24-20-12-23-19(11-21(20)25)18-9-4-15(22)10-14(18)2/h4-13H,3H2,1-2H3. The highest BCUT2D eigenvalue weighted by molar-refractivity contribution is 5.81. The van der Waals surface area contributed by atoms with Crippen molar-refractivity contribution in [3.05, 3.63) is 72.4 Å². The molecule has 0 atom stereocenters. The zero-order chi connectivity index (χ0) is 18.1. The van der Waals surface area contributed by atoms with E-state index in [0.717, 1.165) is 39.3 Å². The lowest BCUT2D eigenvalue weighted by molar-refractivity contribution is 0.340. The topological polar surface area (TPSA) is 39.9 Å². The average Bonchev–Trinajstić information content (AvgIpc) is 3.06. The van der Waals surface area contributed by atoms with Gasteiger partial charge < -0.3 is 4.74 Å². The van der Waals surface area contributed by atoms with Gasteiger partial charge in [-0.15, -0.1) is 0 Å². The van der Waals surface area contributed by atoms with Crippen LogP contribution in [0, 0.1) is 12.7 Å². The second kappa shape index (κ2) is 6.59. The number of pyridine rings is 1. The number of ether oxygens (including phenoxy) is 1. The molecule has 2 heterocycles. The molecular formula is C21H18FN3O. The highest BCUT2D eigenvalue weighted by atomic mass is 19.1. The Balaban J connectivity index is 1.79. The fourth-order valence-electron chi connectivity index (χ4n) is 3.05. The maximum Gasteiger partial charge on any atom is 0.123 e. The first kappa shape index (κ1) is 16.3. The molecule has 5 heteroatoms. The number of rotatable bonds is 4. The van der Waals surface area contributed by atoms with Crippen molar-refractivity contribution in [2.24, 2.45) is 0 Å². The number of hydrogen-bond acceptors (Lipinski definition) is 3. The summed E-state index contributed by atoms with van der Waals surface area (Å²) >= 11 is 0. The number of benzene rings is 2. The number of nitrogens with zero attached hydrogens (tertiary/aromatic N) is 3. The number of aromatic nitrogens is 3. The summed E-state index contributed by atoms with van der Waals surface area (Å²) in [5, 5.41) is 0. The monoisotopic (exact) mass is 347 g/mol. The van der Waals surface area contributed by atoms with Crippen LogP contribution in [-0.2, 0) is 0 Å². The van der Waals surface area contributed by atoms with Crippen molar-refractivity contribution < 1.29 is 9.13 Å². The molecule has 0 aliphatic heterocycles. The average molecular weight is 347 g/mol. The van der Waals surface area contributed by atoms with E-state index in [1.165, 1.54) is 12.1 Å². The Labute approximate surface area is 150 Å². The molecule has 0 N–H and O–H groups in total. The molecule has 0 fully saturated rings. The summed E-state index contributed by atoms with van der Waals surface area (Å²) < 4.78 is 20.9. The third-order valence-electron chi connectivity index (χ3n) is 4.32. The van der Waals surface area contributed by atoms with Gasteiger partial charge >= 0.3 is 0 Å². The predicted molar refractivity (Wildman–Crippen MR) is 100 cm³/mol. The maximum absolute atomic E-state index is 13.4. The molecule has 4 aromatic rings. The van der Waals surface area contributed by atoms with Gasteiger partial charge in [0, 0.05) is 11.3 Å². The van der Waals surface area contributed by atoms with Crippen LogP contribution in [-0.4, -0.2) is 21.1 Å². The first-order valence-corrected chi connectivity index (χ1v) is 8.48. The van der Waals surface area contributed by atoms with E-state index in [0.29, 0.717) is 6.61 Å². The molecule has 0 amide bonds. The first-order chi connectivity index (χ1) is 12.7. The Morgan fingerprint density at radius 2 is 1.85 bits per heavy atom. The van der Waals surface area contributed by atoms with Crippen LogP contribution in [0.5, 0.6) is 5.75 Å². The Kier molecular flexibility index (Phi) is 4.13. The zero-order valence-electron chi connectivity index (χ0n) is 14.6. The van der Waals surface area contributed by atoms with Crippen LogP contribution in [0.2, 0.25) is 0 Å². The third-order valence-corrected chi connectivity index (χ3v) is 4.32. The van der Waals surface area contributed by atoms with Crippen molar-refractivity contribution in [3.8, 4) is 22.7 Å². The number of imidazole rings is 1. The van der Waals surface area contributed by atoms with Crippen molar-refractivity contribution in [2.45, 2.75) is 13.8 Å². The van der Waals surface area contributed by atoms with E-state index >= 15 is 0 Å². The summed E-state index contributed by atoms with van der Waals surface area (Å²) in [7, 11) is 0. The molecule has 0 saturated heterocycles. The molecule has 0 spiro atoms. The van der Waals surface area contributed by atoms with Crippen molar-refractivity contribution in [1.29, 1.82) is 0 Å². The number of hydrogen-bond donors (Lipinski definition) is 0. The number of fused-ring (bicyclic) bond motifs is 1. The highest BCUT2D eigenvalue weighted by Crippen LogP contribution is 2.27. The van der Waals surface area contributed by atoms with Gasteiger partial charge in [-0.3, -0.25) is 9.55 Å². The maximum atomic E-state index is 13.4. The van der Waals surface area contributed by atoms with E-state index in [1.54, 1.807) is 18.6 Å². The Bertz CT molecular complexity index is 1070. The van der Waals surface area contributed by atoms with Crippen LogP contribution in [0.4, 0.5) is 4.39 Å². The van der Waals surface area contributed by atoms with Crippen LogP contribution < -0.4 is 4.74 Å². The van der Waals surface area contributed by atoms with Gasteiger partial charge in [0.2, 0.25) is 0 Å². The molecule has 0 radical (unpaired) electrons. The second-order valence-electron chi connectivity index (χ2n) is 6.06. The zero-order valence-corrected chi connectivity index (χ0v) is 14.6. The van der Waals surface area contributed by atoms with Crippen molar-refractivity contribution in [1.82, 2.24) is 14.5 Å². The quantitative estimate of drug-likeness (QED) is 0.525. The minimum atomic E-state index is -0.244. The van der Waals surface area contributed by atoms with Gasteiger partial charge in [-0.1, -0.05) is 0 Å². The van der Waals surface area contributed by atoms with Crippen LogP contribution in [0.3, 0.4) is 0 Å². The fraction of sp³-hybridized carbons (Fsp3) is 0.143. The van der Waals surface area contributed by atoms with Gasteiger partial charge in [0.1, 0.15) is 23.4 Å². The van der Waals surface area contributed by atoms with Gasteiger partial charge in [0.15, 0.2) is 0 Å². The van der Waals surface area contributed by atoms with Crippen LogP contribution in [0.1, 0.15) is 12.5 Å². The smallest absolute Gasteiger partial charge is 0.123 e. The normalized spacial score (nSPS) is 11.0. The predicted octanol–water partition coefficient (Wildman–Crippen LogP) is 4.93. The lowest BCUT2D eigenvalue weighted by Gasteiger charge is -2.09. The largest absolute Gasteiger partial charge is 0.494 e. The van der Waals surface area contributed by atoms with Gasteiger partial charge in [-0.05, 0) is 67.9 Å². The van der Waals surface area contributed by atoms with Crippen LogP contribution >= 0.6 is 0 Å². The summed E-state index contributed by atoms with van der Waals surface area (Å²) in [6.45, 7) is 4.48. The highest BCUT2D eigenvalue weighted by Gasteiger charge is 2.10. The molecule has 26 heavy (non-hydrogen) atoms. The Morgan fingerprint density at radius 1 is 1.04 bits per heavy atom. The van der Waals surface area contributed by atoms with Crippen molar-refractivity contribution in [2.75, 3.05) is 6.61 Å². The second-order valence-corrected chi connectivity index (χ2v) is 6.06. The summed E-state index contributed by atoms with van der Waals surface area (Å²) in [6, 6.07) is 14.6. The van der Waals surface area contributed by atoms with E-state index in [2.05, 4.69) is 9.97 Å². The van der Waals surface area contributed by atoms with Gasteiger partial charge in [0.05, 0.1) is 24.0 Å². The molecule has 0 aliphatic carbocycles. The molecule has 2 aromatic carbocycles. The summed E-state index contributed by atoms with van der Waals surface area (Å²) in [6.07, 6.45) is 3.53. The van der Waals surface area contributed by atoms with Crippen molar-refractivity contribution in [3.63, 3.8) is 0 Å². The minimum Gasteiger partial charge on any atom is -0.494 e. The summed E-state index contributed by atoms with van der Waals surface area (Å²) in [5.74, 6) is 0.594. The number of aryl methyl sites for hydroxylation is 1. The van der Waals surface area contributed by atoms with Gasteiger partial charge in [0.25, 0.3) is 0 Å². The molecule has 0 unspecified atom stereocenters. The molecule has 4 rings (SSSR count). The first-order valence-electron chi connectivity index (χ1n) is 8.48. The summed E-state index contributed by atoms with van der Waals surface area (Å²) in [5.41, 5.74) is 5.30. The number of halogens is 1. The molecule has 130 valence electrons. The van der Waals surface area contributed by atoms with E-state index in [4.69, 9.17) is 4.74 Å².